The molecule has 1 N–H and O–H groups in total. The van der Waals surface area contributed by atoms with Crippen molar-refractivity contribution in [2.75, 3.05) is 13.6 Å². The summed E-state index contributed by atoms with van der Waals surface area (Å²) >= 11 is 0. The minimum atomic E-state index is -2.39. The molecular weight excluding hydrogens is 184 g/mol. The van der Waals surface area contributed by atoms with Gasteiger partial charge in [-0.2, -0.15) is 0 Å². The van der Waals surface area contributed by atoms with Crippen molar-refractivity contribution < 1.29 is 8.78 Å². The molecule has 0 aromatic carbocycles. The predicted molar refractivity (Wildman–Crippen MR) is 48.0 cm³/mol. The highest BCUT2D eigenvalue weighted by Gasteiger charge is 2.62. The Morgan fingerprint density at radius 1 is 1.50 bits per heavy atom. The van der Waals surface area contributed by atoms with Gasteiger partial charge in [-0.05, 0) is 12.5 Å². The molecule has 0 aromatic heterocycles. The molecule has 0 spiro atoms. The minimum absolute atomic E-state index is 0. The van der Waals surface area contributed by atoms with E-state index in [4.69, 9.17) is 0 Å². The number of nitrogens with one attached hydrogen (secondary N) is 1. The molecule has 1 aliphatic carbocycles. The highest BCUT2D eigenvalue weighted by molar-refractivity contribution is 5.85. The lowest BCUT2D eigenvalue weighted by atomic mass is 9.87. The Bertz CT molecular complexity index is 159. The molecule has 12 heavy (non-hydrogen) atoms. The number of alkyl halides is 2. The monoisotopic (exact) mass is 199 g/mol. The van der Waals surface area contributed by atoms with Gasteiger partial charge in [-0.15, -0.1) is 12.4 Å². The van der Waals surface area contributed by atoms with Crippen molar-refractivity contribution in [3.63, 3.8) is 0 Å². The summed E-state index contributed by atoms with van der Waals surface area (Å²) in [5, 5.41) is 2.93. The van der Waals surface area contributed by atoms with Crippen molar-refractivity contribution in [2.24, 2.45) is 11.3 Å². The summed E-state index contributed by atoms with van der Waals surface area (Å²) in [6, 6.07) is 0. The fraction of sp³-hybridized carbons (Fsp3) is 1.00. The lowest BCUT2D eigenvalue weighted by Crippen LogP contribution is -2.30. The van der Waals surface area contributed by atoms with Crippen molar-refractivity contribution in [2.45, 2.75) is 26.2 Å². The van der Waals surface area contributed by atoms with Crippen LogP contribution >= 0.6 is 12.4 Å². The fourth-order valence-electron chi connectivity index (χ4n) is 1.64. The normalized spacial score (nSPS) is 26.2. The van der Waals surface area contributed by atoms with Gasteiger partial charge in [0, 0.05) is 18.9 Å². The van der Waals surface area contributed by atoms with E-state index in [0.29, 0.717) is 6.54 Å². The third-order valence-electron chi connectivity index (χ3n) is 2.40. The Hall–Kier alpha value is 0.110. The maximum Gasteiger partial charge on any atom is 0.252 e. The van der Waals surface area contributed by atoms with Crippen LogP contribution in [0.15, 0.2) is 0 Å². The van der Waals surface area contributed by atoms with E-state index in [1.54, 1.807) is 7.05 Å². The first-order chi connectivity index (χ1) is 4.90. The highest BCUT2D eigenvalue weighted by Crippen LogP contribution is 2.57. The number of hydrogen-bond acceptors (Lipinski definition) is 1. The molecule has 0 bridgehead atoms. The largest absolute Gasteiger partial charge is 0.319 e. The van der Waals surface area contributed by atoms with Crippen molar-refractivity contribution in [1.82, 2.24) is 5.32 Å². The van der Waals surface area contributed by atoms with Gasteiger partial charge in [0.25, 0.3) is 5.92 Å². The molecule has 0 aliphatic heterocycles. The zero-order chi connectivity index (χ0) is 8.70. The molecule has 1 rings (SSSR count). The van der Waals surface area contributed by atoms with E-state index in [2.05, 4.69) is 5.32 Å². The summed E-state index contributed by atoms with van der Waals surface area (Å²) < 4.78 is 25.2. The van der Waals surface area contributed by atoms with Gasteiger partial charge in [-0.25, -0.2) is 8.78 Å². The van der Waals surface area contributed by atoms with E-state index in [0.717, 1.165) is 0 Å². The van der Waals surface area contributed by atoms with Crippen molar-refractivity contribution in [1.29, 1.82) is 0 Å². The minimum Gasteiger partial charge on any atom is -0.319 e. The SMILES string of the molecule is CNCC(C)(C)C1CC1(F)F.Cl. The summed E-state index contributed by atoms with van der Waals surface area (Å²) in [6.07, 6.45) is 0.0711. The van der Waals surface area contributed by atoms with Crippen LogP contribution in [0, 0.1) is 11.3 Å². The average molecular weight is 200 g/mol. The molecule has 1 nitrogen and oxygen atoms in total. The molecule has 1 fully saturated rings. The molecule has 1 saturated carbocycles. The third kappa shape index (κ3) is 2.30. The summed E-state index contributed by atoms with van der Waals surface area (Å²) in [5.74, 6) is -2.80. The van der Waals surface area contributed by atoms with Crippen LogP contribution in [-0.2, 0) is 0 Å². The van der Waals surface area contributed by atoms with Gasteiger partial charge in [0.05, 0.1) is 0 Å². The van der Waals surface area contributed by atoms with Gasteiger partial charge in [-0.3, -0.25) is 0 Å². The molecule has 4 heteroatoms. The highest BCUT2D eigenvalue weighted by atomic mass is 35.5. The summed E-state index contributed by atoms with van der Waals surface area (Å²) in [4.78, 5) is 0. The Kier molecular flexibility index (Phi) is 3.49. The Morgan fingerprint density at radius 2 is 1.92 bits per heavy atom. The molecule has 74 valence electrons. The molecule has 0 saturated heterocycles. The van der Waals surface area contributed by atoms with Crippen LogP contribution in [0.2, 0.25) is 0 Å². The van der Waals surface area contributed by atoms with Crippen molar-refractivity contribution >= 4 is 12.4 Å². The standard InChI is InChI=1S/C8H15F2N.ClH/c1-7(2,5-11-3)6-4-8(6,9)10;/h6,11H,4-5H2,1-3H3;1H. The Labute approximate surface area is 78.3 Å². The van der Waals surface area contributed by atoms with Crippen molar-refractivity contribution in [3.05, 3.63) is 0 Å². The number of halogens is 3. The number of rotatable bonds is 3. The molecule has 1 aliphatic rings. The van der Waals surface area contributed by atoms with Gasteiger partial charge < -0.3 is 5.32 Å². The quantitative estimate of drug-likeness (QED) is 0.736. The van der Waals surface area contributed by atoms with Gasteiger partial charge in [0.15, 0.2) is 0 Å². The number of hydrogen-bond donors (Lipinski definition) is 1. The van der Waals surface area contributed by atoms with Crippen LogP contribution in [-0.4, -0.2) is 19.5 Å². The second-order valence-corrected chi connectivity index (χ2v) is 4.04. The Balaban J connectivity index is 0.00000121. The first kappa shape index (κ1) is 12.1. The van der Waals surface area contributed by atoms with Crippen LogP contribution in [0.4, 0.5) is 8.78 Å². The second-order valence-electron chi connectivity index (χ2n) is 4.04. The van der Waals surface area contributed by atoms with E-state index in [9.17, 15) is 8.78 Å². The van der Waals surface area contributed by atoms with E-state index < -0.39 is 11.8 Å². The predicted octanol–water partition coefficient (Wildman–Crippen LogP) is 2.31. The van der Waals surface area contributed by atoms with E-state index in [-0.39, 0.29) is 24.2 Å². The second kappa shape index (κ2) is 3.46. The zero-order valence-corrected chi connectivity index (χ0v) is 8.47. The van der Waals surface area contributed by atoms with Gasteiger partial charge in [0.2, 0.25) is 0 Å². The van der Waals surface area contributed by atoms with Crippen molar-refractivity contribution in [3.8, 4) is 0 Å². The molecule has 0 amide bonds. The zero-order valence-electron chi connectivity index (χ0n) is 7.66. The average Bonchev–Trinajstić information content (AvgIpc) is 2.41. The summed E-state index contributed by atoms with van der Waals surface area (Å²) in [5.41, 5.74) is -0.266. The first-order valence-corrected chi connectivity index (χ1v) is 3.92. The maximum absolute atomic E-state index is 12.6. The van der Waals surface area contributed by atoms with E-state index in [1.807, 2.05) is 13.8 Å². The lowest BCUT2D eigenvalue weighted by Gasteiger charge is -2.23. The lowest BCUT2D eigenvalue weighted by molar-refractivity contribution is 0.0665. The molecule has 1 unspecified atom stereocenters. The molecule has 0 heterocycles. The Morgan fingerprint density at radius 3 is 2.17 bits per heavy atom. The van der Waals surface area contributed by atoms with Crippen LogP contribution in [0.3, 0.4) is 0 Å². The first-order valence-electron chi connectivity index (χ1n) is 3.92. The van der Waals surface area contributed by atoms with Gasteiger partial charge in [0.1, 0.15) is 0 Å². The van der Waals surface area contributed by atoms with Gasteiger partial charge >= 0.3 is 0 Å². The van der Waals surface area contributed by atoms with Crippen LogP contribution in [0.25, 0.3) is 0 Å². The van der Waals surface area contributed by atoms with Gasteiger partial charge in [-0.1, -0.05) is 13.8 Å². The molecule has 0 radical (unpaired) electrons. The van der Waals surface area contributed by atoms with Crippen LogP contribution in [0.1, 0.15) is 20.3 Å². The topological polar surface area (TPSA) is 12.0 Å². The maximum atomic E-state index is 12.6. The fourth-order valence-corrected chi connectivity index (χ4v) is 1.64. The third-order valence-corrected chi connectivity index (χ3v) is 2.40. The summed E-state index contributed by atoms with van der Waals surface area (Å²) in [6.45, 7) is 4.43. The van der Waals surface area contributed by atoms with Crippen LogP contribution in [0.5, 0.6) is 0 Å². The smallest absolute Gasteiger partial charge is 0.252 e. The molecule has 1 atom stereocenters. The molecule has 0 aromatic rings. The van der Waals surface area contributed by atoms with E-state index in [1.165, 1.54) is 0 Å². The molecular formula is C8H16ClF2N. The summed E-state index contributed by atoms with van der Waals surface area (Å²) in [7, 11) is 1.79. The van der Waals surface area contributed by atoms with Crippen LogP contribution < -0.4 is 5.32 Å². The van der Waals surface area contributed by atoms with E-state index >= 15 is 0 Å².